The molecule has 7 nitrogen and oxygen atoms in total. The average molecular weight is 407 g/mol. The lowest BCUT2D eigenvalue weighted by atomic mass is 10.1. The minimum atomic E-state index is -0.433. The van der Waals surface area contributed by atoms with E-state index in [-0.39, 0.29) is 5.82 Å². The molecule has 0 bridgehead atoms. The third kappa shape index (κ3) is 3.52. The maximum absolute atomic E-state index is 13.2. The largest absolute Gasteiger partial charge is 0.351 e. The van der Waals surface area contributed by atoms with Crippen molar-refractivity contribution in [2.75, 3.05) is 5.32 Å². The van der Waals surface area contributed by atoms with Crippen molar-refractivity contribution < 1.29 is 4.39 Å². The summed E-state index contributed by atoms with van der Waals surface area (Å²) in [4.78, 5) is 29.8. The maximum atomic E-state index is 13.2. The van der Waals surface area contributed by atoms with Crippen molar-refractivity contribution >= 4 is 17.1 Å². The highest BCUT2D eigenvalue weighted by Gasteiger charge is 2.19. The fourth-order valence-electron chi connectivity index (χ4n) is 3.39. The molecule has 0 saturated heterocycles. The van der Waals surface area contributed by atoms with Gasteiger partial charge in [0.1, 0.15) is 5.82 Å². The summed E-state index contributed by atoms with van der Waals surface area (Å²) in [5.41, 5.74) is 2.84. The van der Waals surface area contributed by atoms with Gasteiger partial charge in [-0.15, -0.1) is 0 Å². The summed E-state index contributed by atoms with van der Waals surface area (Å²) in [6.45, 7) is 2.82. The zero-order valence-corrected chi connectivity index (χ0v) is 17.0. The normalized spacial score (nSPS) is 11.2. The molecule has 2 heterocycles. The number of benzene rings is 2. The Labute approximate surface area is 172 Å². The number of nitrogens with one attached hydrogen (secondary N) is 1. The van der Waals surface area contributed by atoms with Crippen LogP contribution in [0.1, 0.15) is 16.7 Å². The van der Waals surface area contributed by atoms with E-state index in [1.807, 2.05) is 31.2 Å². The summed E-state index contributed by atoms with van der Waals surface area (Å²) in [6, 6.07) is 14.2. The average Bonchev–Trinajstić information content (AvgIpc) is 3.10. The summed E-state index contributed by atoms with van der Waals surface area (Å²) in [5, 5.41) is 3.23. The zero-order valence-electron chi connectivity index (χ0n) is 17.0. The molecule has 1 N–H and O–H groups in total. The van der Waals surface area contributed by atoms with Gasteiger partial charge in [-0.2, -0.15) is 4.98 Å². The molecule has 154 valence electrons. The van der Waals surface area contributed by atoms with Crippen LogP contribution >= 0.6 is 0 Å². The van der Waals surface area contributed by atoms with Gasteiger partial charge in [0, 0.05) is 20.6 Å². The second-order valence-corrected chi connectivity index (χ2v) is 7.37. The molecule has 0 saturated carbocycles. The van der Waals surface area contributed by atoms with Gasteiger partial charge in [0.2, 0.25) is 5.95 Å². The number of halogens is 1. The Morgan fingerprint density at radius 2 is 1.57 bits per heavy atom. The van der Waals surface area contributed by atoms with Crippen molar-refractivity contribution in [3.05, 3.63) is 91.9 Å². The second kappa shape index (κ2) is 7.62. The summed E-state index contributed by atoms with van der Waals surface area (Å²) >= 11 is 0. The predicted molar refractivity (Wildman–Crippen MR) is 114 cm³/mol. The van der Waals surface area contributed by atoms with E-state index in [2.05, 4.69) is 10.3 Å². The molecule has 0 spiro atoms. The summed E-state index contributed by atoms with van der Waals surface area (Å²) in [6.07, 6.45) is 0. The molecular formula is C22H22FN5O2. The quantitative estimate of drug-likeness (QED) is 0.552. The number of nitrogens with zero attached hydrogens (tertiary/aromatic N) is 4. The van der Waals surface area contributed by atoms with Crippen LogP contribution in [0, 0.1) is 12.7 Å². The highest BCUT2D eigenvalue weighted by atomic mass is 19.1. The van der Waals surface area contributed by atoms with Crippen molar-refractivity contribution in [3.63, 3.8) is 0 Å². The summed E-state index contributed by atoms with van der Waals surface area (Å²) < 4.78 is 17.4. The van der Waals surface area contributed by atoms with Gasteiger partial charge < -0.3 is 5.32 Å². The number of aryl methyl sites for hydroxylation is 2. The van der Waals surface area contributed by atoms with E-state index >= 15 is 0 Å². The van der Waals surface area contributed by atoms with Crippen LogP contribution in [-0.2, 0) is 27.2 Å². The Morgan fingerprint density at radius 3 is 2.23 bits per heavy atom. The van der Waals surface area contributed by atoms with Crippen LogP contribution in [0.5, 0.6) is 0 Å². The molecule has 4 aromatic rings. The molecule has 0 radical (unpaired) electrons. The standard InChI is InChI=1S/C22H22FN5O2/c1-14-4-6-16(7-5-14)13-28-18-19(26(2)22(30)27(3)20(18)29)25-21(28)24-12-15-8-10-17(23)11-9-15/h4-11H,12-13H2,1-3H3,(H,24,25). The third-order valence-corrected chi connectivity index (χ3v) is 5.17. The molecule has 0 amide bonds. The van der Waals surface area contributed by atoms with Gasteiger partial charge in [-0.1, -0.05) is 42.0 Å². The molecule has 30 heavy (non-hydrogen) atoms. The summed E-state index contributed by atoms with van der Waals surface area (Å²) in [7, 11) is 3.05. The fourth-order valence-corrected chi connectivity index (χ4v) is 3.39. The van der Waals surface area contributed by atoms with Crippen molar-refractivity contribution in [1.82, 2.24) is 18.7 Å². The maximum Gasteiger partial charge on any atom is 0.332 e. The van der Waals surface area contributed by atoms with Crippen LogP contribution in [0.3, 0.4) is 0 Å². The molecule has 0 aliphatic heterocycles. The first-order valence-electron chi connectivity index (χ1n) is 9.55. The molecule has 2 aromatic carbocycles. The first-order valence-corrected chi connectivity index (χ1v) is 9.55. The molecule has 0 unspecified atom stereocenters. The van der Waals surface area contributed by atoms with Gasteiger partial charge in [-0.05, 0) is 30.2 Å². The molecular weight excluding hydrogens is 385 g/mol. The van der Waals surface area contributed by atoms with E-state index in [0.717, 1.165) is 21.3 Å². The molecule has 4 rings (SSSR count). The number of imidazole rings is 1. The van der Waals surface area contributed by atoms with E-state index < -0.39 is 11.2 Å². The van der Waals surface area contributed by atoms with Crippen LogP contribution < -0.4 is 16.6 Å². The van der Waals surface area contributed by atoms with Crippen LogP contribution in [-0.4, -0.2) is 18.7 Å². The van der Waals surface area contributed by atoms with Gasteiger partial charge in [0.25, 0.3) is 5.56 Å². The van der Waals surface area contributed by atoms with Crippen LogP contribution in [0.4, 0.5) is 10.3 Å². The number of anilines is 1. The first-order chi connectivity index (χ1) is 14.3. The molecule has 0 atom stereocenters. The number of hydrogen-bond acceptors (Lipinski definition) is 4. The lowest BCUT2D eigenvalue weighted by Crippen LogP contribution is -2.37. The van der Waals surface area contributed by atoms with Gasteiger partial charge in [-0.3, -0.25) is 18.5 Å². The van der Waals surface area contributed by atoms with Gasteiger partial charge in [0.05, 0.1) is 6.54 Å². The first kappa shape index (κ1) is 19.6. The smallest absolute Gasteiger partial charge is 0.332 e. The van der Waals surface area contributed by atoms with Gasteiger partial charge in [-0.25, -0.2) is 9.18 Å². The van der Waals surface area contributed by atoms with Crippen LogP contribution in [0.25, 0.3) is 11.2 Å². The van der Waals surface area contributed by atoms with Crippen molar-refractivity contribution in [2.45, 2.75) is 20.0 Å². The summed E-state index contributed by atoms with van der Waals surface area (Å²) in [5.74, 6) is 0.164. The van der Waals surface area contributed by atoms with Crippen LogP contribution in [0.2, 0.25) is 0 Å². The molecule has 2 aromatic heterocycles. The van der Waals surface area contributed by atoms with Gasteiger partial charge in [0.15, 0.2) is 11.2 Å². The molecule has 0 aliphatic carbocycles. The SMILES string of the molecule is Cc1ccc(Cn2c(NCc3ccc(F)cc3)nc3c2c(=O)n(C)c(=O)n3C)cc1. The monoisotopic (exact) mass is 407 g/mol. The Morgan fingerprint density at radius 1 is 0.933 bits per heavy atom. The lowest BCUT2D eigenvalue weighted by Gasteiger charge is -2.11. The fraction of sp³-hybridized carbons (Fsp3) is 0.227. The molecule has 0 fully saturated rings. The minimum absolute atomic E-state index is 0.302. The topological polar surface area (TPSA) is 73.8 Å². The number of fused-ring (bicyclic) bond motifs is 1. The third-order valence-electron chi connectivity index (χ3n) is 5.17. The second-order valence-electron chi connectivity index (χ2n) is 7.37. The Bertz CT molecular complexity index is 1330. The number of aromatic nitrogens is 4. The van der Waals surface area contributed by atoms with E-state index in [4.69, 9.17) is 0 Å². The Balaban J connectivity index is 1.82. The predicted octanol–water partition coefficient (Wildman–Crippen LogP) is 2.54. The van der Waals surface area contributed by atoms with E-state index in [9.17, 15) is 14.0 Å². The number of hydrogen-bond donors (Lipinski definition) is 1. The lowest BCUT2D eigenvalue weighted by molar-refractivity contribution is 0.627. The van der Waals surface area contributed by atoms with E-state index in [1.54, 1.807) is 23.7 Å². The van der Waals surface area contributed by atoms with Gasteiger partial charge >= 0.3 is 5.69 Å². The number of rotatable bonds is 5. The Kier molecular flexibility index (Phi) is 4.99. The Hall–Kier alpha value is -3.68. The van der Waals surface area contributed by atoms with E-state index in [0.29, 0.717) is 30.2 Å². The minimum Gasteiger partial charge on any atom is -0.351 e. The van der Waals surface area contributed by atoms with Crippen LogP contribution in [0.15, 0.2) is 58.1 Å². The zero-order chi connectivity index (χ0) is 21.4. The van der Waals surface area contributed by atoms with Crippen molar-refractivity contribution in [3.8, 4) is 0 Å². The van der Waals surface area contributed by atoms with E-state index in [1.165, 1.54) is 23.7 Å². The van der Waals surface area contributed by atoms with Crippen molar-refractivity contribution in [1.29, 1.82) is 0 Å². The van der Waals surface area contributed by atoms with Crippen molar-refractivity contribution in [2.24, 2.45) is 14.1 Å². The molecule has 0 aliphatic rings. The highest BCUT2D eigenvalue weighted by Crippen LogP contribution is 2.19. The highest BCUT2D eigenvalue weighted by molar-refractivity contribution is 5.74. The molecule has 8 heteroatoms.